The van der Waals surface area contributed by atoms with Gasteiger partial charge in [0.15, 0.2) is 0 Å². The van der Waals surface area contributed by atoms with Crippen molar-refractivity contribution in [1.82, 2.24) is 5.32 Å². The molecule has 2 fully saturated rings. The molecule has 2 saturated carbocycles. The summed E-state index contributed by atoms with van der Waals surface area (Å²) in [5.41, 5.74) is 7.02. The molecule has 3 nitrogen and oxygen atoms in total. The van der Waals surface area contributed by atoms with Crippen LogP contribution in [-0.2, 0) is 4.79 Å². The Balaban J connectivity index is 1.58. The molecule has 1 aromatic rings. The van der Waals surface area contributed by atoms with Gasteiger partial charge in [0, 0.05) is 17.9 Å². The van der Waals surface area contributed by atoms with E-state index in [9.17, 15) is 4.79 Å². The van der Waals surface area contributed by atoms with Gasteiger partial charge in [-0.1, -0.05) is 49.0 Å². The number of carbonyl (C=O) groups excluding carboxylic acids is 1. The normalized spacial score (nSPS) is 31.8. The fourth-order valence-corrected chi connectivity index (χ4v) is 3.60. The van der Waals surface area contributed by atoms with E-state index < -0.39 is 0 Å². The van der Waals surface area contributed by atoms with Crippen LogP contribution >= 0.6 is 12.2 Å². The minimum Gasteiger partial charge on any atom is -0.393 e. The molecule has 0 aliphatic heterocycles. The predicted octanol–water partition coefficient (Wildman–Crippen LogP) is 2.36. The Labute approximate surface area is 124 Å². The first kappa shape index (κ1) is 13.6. The number of rotatable bonds is 4. The minimum atomic E-state index is 0.130. The number of thiocarbonyl (C=S) groups is 1. The van der Waals surface area contributed by atoms with Gasteiger partial charge >= 0.3 is 0 Å². The van der Waals surface area contributed by atoms with E-state index in [0.29, 0.717) is 10.9 Å². The Morgan fingerprint density at radius 3 is 2.65 bits per heavy atom. The molecule has 3 rings (SSSR count). The maximum Gasteiger partial charge on any atom is 0.223 e. The van der Waals surface area contributed by atoms with Gasteiger partial charge in [-0.2, -0.15) is 0 Å². The number of benzene rings is 1. The summed E-state index contributed by atoms with van der Waals surface area (Å²) in [5, 5.41) is 3.17. The number of carbonyl (C=O) groups is 1. The van der Waals surface area contributed by atoms with Gasteiger partial charge in [-0.25, -0.2) is 0 Å². The lowest BCUT2D eigenvalue weighted by Gasteiger charge is -2.20. The van der Waals surface area contributed by atoms with Gasteiger partial charge in [0.2, 0.25) is 5.91 Å². The fraction of sp³-hybridized carbons (Fsp3) is 0.500. The van der Waals surface area contributed by atoms with E-state index in [1.807, 2.05) is 18.2 Å². The predicted molar refractivity (Wildman–Crippen MR) is 83.3 cm³/mol. The van der Waals surface area contributed by atoms with E-state index in [4.69, 9.17) is 18.0 Å². The molecule has 0 spiro atoms. The average molecular weight is 288 g/mol. The van der Waals surface area contributed by atoms with E-state index in [1.165, 1.54) is 5.56 Å². The van der Waals surface area contributed by atoms with Crippen LogP contribution in [0.1, 0.15) is 37.2 Å². The summed E-state index contributed by atoms with van der Waals surface area (Å²) in [4.78, 5) is 12.9. The van der Waals surface area contributed by atoms with Gasteiger partial charge in [0.05, 0.1) is 4.99 Å². The Bertz CT molecular complexity index is 516. The molecule has 106 valence electrons. The molecular weight excluding hydrogens is 268 g/mol. The molecule has 4 heteroatoms. The lowest BCUT2D eigenvalue weighted by atomic mass is 10.0. The highest BCUT2D eigenvalue weighted by Crippen LogP contribution is 2.47. The summed E-state index contributed by atoms with van der Waals surface area (Å²) in [7, 11) is 0. The van der Waals surface area contributed by atoms with Gasteiger partial charge in [-0.15, -0.1) is 0 Å². The summed E-state index contributed by atoms with van der Waals surface area (Å²) in [5.74, 6) is 0.876. The first-order valence-corrected chi connectivity index (χ1v) is 7.72. The number of hydrogen-bond donors (Lipinski definition) is 2. The highest BCUT2D eigenvalue weighted by Gasteiger charge is 2.45. The zero-order valence-electron chi connectivity index (χ0n) is 11.4. The molecule has 2 aliphatic carbocycles. The maximum atomic E-state index is 12.3. The summed E-state index contributed by atoms with van der Waals surface area (Å²) in [6.07, 6.45) is 4.06. The SMILES string of the molecule is NC(=S)C1CCCC1NC(=O)C1CC1c1ccccc1. The Hall–Kier alpha value is -1.42. The van der Waals surface area contributed by atoms with Crippen LogP contribution in [0.15, 0.2) is 30.3 Å². The molecular formula is C16H20N2OS. The molecule has 1 amide bonds. The number of nitrogens with two attached hydrogens (primary N) is 1. The first-order valence-electron chi connectivity index (χ1n) is 7.31. The van der Waals surface area contributed by atoms with Crippen molar-refractivity contribution in [2.75, 3.05) is 0 Å². The lowest BCUT2D eigenvalue weighted by Crippen LogP contribution is -2.42. The van der Waals surface area contributed by atoms with E-state index >= 15 is 0 Å². The van der Waals surface area contributed by atoms with Crippen molar-refractivity contribution in [3.63, 3.8) is 0 Å². The van der Waals surface area contributed by atoms with E-state index in [1.54, 1.807) is 0 Å². The lowest BCUT2D eigenvalue weighted by molar-refractivity contribution is -0.123. The van der Waals surface area contributed by atoms with Crippen LogP contribution in [0.25, 0.3) is 0 Å². The first-order chi connectivity index (χ1) is 9.66. The van der Waals surface area contributed by atoms with Crippen molar-refractivity contribution in [2.45, 2.75) is 37.6 Å². The molecule has 2 aliphatic rings. The van der Waals surface area contributed by atoms with Crippen LogP contribution in [0.5, 0.6) is 0 Å². The zero-order chi connectivity index (χ0) is 14.1. The third-order valence-electron chi connectivity index (χ3n) is 4.56. The average Bonchev–Trinajstić information content (AvgIpc) is 3.12. The minimum absolute atomic E-state index is 0.130. The Kier molecular flexibility index (Phi) is 3.74. The van der Waals surface area contributed by atoms with E-state index in [-0.39, 0.29) is 23.8 Å². The van der Waals surface area contributed by atoms with Crippen molar-refractivity contribution in [1.29, 1.82) is 0 Å². The maximum absolute atomic E-state index is 12.3. The van der Waals surface area contributed by atoms with Gasteiger partial charge in [0.25, 0.3) is 0 Å². The standard InChI is InChI=1S/C16H20N2OS/c17-15(20)11-7-4-8-14(11)18-16(19)13-9-12(13)10-5-2-1-3-6-10/h1-3,5-6,11-14H,4,7-9H2,(H2,17,20)(H,18,19). The third kappa shape index (κ3) is 2.70. The molecule has 20 heavy (non-hydrogen) atoms. The van der Waals surface area contributed by atoms with Gasteiger partial charge in [0.1, 0.15) is 0 Å². The Morgan fingerprint density at radius 2 is 1.95 bits per heavy atom. The van der Waals surface area contributed by atoms with E-state index in [2.05, 4.69) is 17.4 Å². The van der Waals surface area contributed by atoms with Crippen molar-refractivity contribution in [2.24, 2.45) is 17.6 Å². The molecule has 0 bridgehead atoms. The quantitative estimate of drug-likeness (QED) is 0.836. The fourth-order valence-electron chi connectivity index (χ4n) is 3.32. The van der Waals surface area contributed by atoms with Crippen molar-refractivity contribution in [3.05, 3.63) is 35.9 Å². The second-order valence-corrected chi connectivity index (χ2v) is 6.39. The summed E-state index contributed by atoms with van der Waals surface area (Å²) >= 11 is 5.09. The molecule has 4 atom stereocenters. The second kappa shape index (κ2) is 5.52. The van der Waals surface area contributed by atoms with Crippen molar-refractivity contribution >= 4 is 23.1 Å². The summed E-state index contributed by atoms with van der Waals surface area (Å²) in [6, 6.07) is 10.4. The number of amides is 1. The summed E-state index contributed by atoms with van der Waals surface area (Å²) < 4.78 is 0. The zero-order valence-corrected chi connectivity index (χ0v) is 12.2. The van der Waals surface area contributed by atoms with Crippen molar-refractivity contribution < 1.29 is 4.79 Å². The van der Waals surface area contributed by atoms with E-state index in [0.717, 1.165) is 25.7 Å². The smallest absolute Gasteiger partial charge is 0.223 e. The number of nitrogens with one attached hydrogen (secondary N) is 1. The third-order valence-corrected chi connectivity index (χ3v) is 4.87. The Morgan fingerprint density at radius 1 is 1.20 bits per heavy atom. The van der Waals surface area contributed by atoms with Crippen LogP contribution in [0, 0.1) is 11.8 Å². The van der Waals surface area contributed by atoms with Crippen LogP contribution < -0.4 is 11.1 Å². The van der Waals surface area contributed by atoms with Crippen LogP contribution in [0.3, 0.4) is 0 Å². The highest BCUT2D eigenvalue weighted by atomic mass is 32.1. The topological polar surface area (TPSA) is 55.1 Å². The molecule has 0 heterocycles. The second-order valence-electron chi connectivity index (χ2n) is 5.91. The van der Waals surface area contributed by atoms with Gasteiger partial charge in [-0.3, -0.25) is 4.79 Å². The molecule has 0 radical (unpaired) electrons. The highest BCUT2D eigenvalue weighted by molar-refractivity contribution is 7.80. The van der Waals surface area contributed by atoms with Crippen molar-refractivity contribution in [3.8, 4) is 0 Å². The molecule has 1 aromatic carbocycles. The molecule has 3 N–H and O–H groups in total. The monoisotopic (exact) mass is 288 g/mol. The largest absolute Gasteiger partial charge is 0.393 e. The molecule has 0 saturated heterocycles. The summed E-state index contributed by atoms with van der Waals surface area (Å²) in [6.45, 7) is 0. The van der Waals surface area contributed by atoms with Gasteiger partial charge in [-0.05, 0) is 30.7 Å². The van der Waals surface area contributed by atoms with Crippen LogP contribution in [0.2, 0.25) is 0 Å². The molecule has 4 unspecified atom stereocenters. The van der Waals surface area contributed by atoms with Crippen LogP contribution in [0.4, 0.5) is 0 Å². The van der Waals surface area contributed by atoms with Gasteiger partial charge < -0.3 is 11.1 Å². The molecule has 0 aromatic heterocycles. The number of hydrogen-bond acceptors (Lipinski definition) is 2. The van der Waals surface area contributed by atoms with Crippen LogP contribution in [-0.4, -0.2) is 16.9 Å².